The first-order valence-electron chi connectivity index (χ1n) is 11.1. The Hall–Kier alpha value is -1.59. The van der Waals surface area contributed by atoms with E-state index in [0.29, 0.717) is 12.2 Å². The van der Waals surface area contributed by atoms with Crippen molar-refractivity contribution in [2.75, 3.05) is 39.4 Å². The van der Waals surface area contributed by atoms with Crippen LogP contribution in [0.1, 0.15) is 50.2 Å². The monoisotopic (exact) mass is 387 g/mol. The fourth-order valence-electron chi connectivity index (χ4n) is 3.89. The molecule has 0 aromatic heterocycles. The molecule has 3 rings (SSSR count). The molecule has 2 aliphatic heterocycles. The maximum absolute atomic E-state index is 6.15. The van der Waals surface area contributed by atoms with Crippen molar-refractivity contribution in [3.63, 3.8) is 0 Å². The maximum Gasteiger partial charge on any atom is 0.193 e. The highest BCUT2D eigenvalue weighted by atomic mass is 16.5. The number of hydrogen-bond donors (Lipinski definition) is 1. The molecule has 2 heterocycles. The Balaban J connectivity index is 1.42. The van der Waals surface area contributed by atoms with E-state index in [-0.39, 0.29) is 0 Å². The Bertz CT molecular complexity index is 588. The first-order valence-corrected chi connectivity index (χ1v) is 11.1. The molecule has 156 valence electrons. The van der Waals surface area contributed by atoms with Crippen molar-refractivity contribution >= 4 is 5.96 Å². The molecule has 0 spiro atoms. The Kier molecular flexibility index (Phi) is 8.62. The van der Waals surface area contributed by atoms with E-state index in [0.717, 1.165) is 71.0 Å². The molecule has 5 nitrogen and oxygen atoms in total. The van der Waals surface area contributed by atoms with Gasteiger partial charge in [0.25, 0.3) is 0 Å². The van der Waals surface area contributed by atoms with Crippen molar-refractivity contribution in [1.29, 1.82) is 0 Å². The maximum atomic E-state index is 6.15. The van der Waals surface area contributed by atoms with Gasteiger partial charge in [0.1, 0.15) is 0 Å². The molecule has 1 unspecified atom stereocenters. The SMILES string of the molecule is CCNC(=NCCc1ccc(C)cc1)N1CCC(OCC2CCCCO2)CC1. The van der Waals surface area contributed by atoms with Crippen LogP contribution in [0.15, 0.2) is 29.3 Å². The predicted molar refractivity (Wildman–Crippen MR) is 115 cm³/mol. The summed E-state index contributed by atoms with van der Waals surface area (Å²) in [6, 6.07) is 8.76. The fourth-order valence-corrected chi connectivity index (χ4v) is 3.89. The molecule has 1 aromatic carbocycles. The first-order chi connectivity index (χ1) is 13.7. The van der Waals surface area contributed by atoms with E-state index in [1.807, 2.05) is 0 Å². The van der Waals surface area contributed by atoms with Gasteiger partial charge in [-0.1, -0.05) is 29.8 Å². The van der Waals surface area contributed by atoms with Crippen molar-refractivity contribution in [2.45, 2.75) is 64.6 Å². The lowest BCUT2D eigenvalue weighted by molar-refractivity contribution is -0.0721. The average molecular weight is 388 g/mol. The van der Waals surface area contributed by atoms with E-state index >= 15 is 0 Å². The van der Waals surface area contributed by atoms with E-state index < -0.39 is 0 Å². The zero-order chi connectivity index (χ0) is 19.6. The molecule has 2 aliphatic rings. The number of likely N-dealkylation sites (tertiary alicyclic amines) is 1. The Labute approximate surface area is 170 Å². The standard InChI is InChI=1S/C23H37N3O2/c1-3-24-23(25-14-11-20-9-7-19(2)8-10-20)26-15-12-21(13-16-26)28-18-22-6-4-5-17-27-22/h7-10,21-22H,3-6,11-18H2,1-2H3,(H,24,25). The third-order valence-corrected chi connectivity index (χ3v) is 5.65. The van der Waals surface area contributed by atoms with Gasteiger partial charge in [0.05, 0.1) is 18.8 Å². The lowest BCUT2D eigenvalue weighted by Crippen LogP contribution is -2.47. The molecule has 5 heteroatoms. The summed E-state index contributed by atoms with van der Waals surface area (Å²) < 4.78 is 11.9. The van der Waals surface area contributed by atoms with Gasteiger partial charge in [0.15, 0.2) is 5.96 Å². The fraction of sp³-hybridized carbons (Fsp3) is 0.696. The Morgan fingerprint density at radius 2 is 1.96 bits per heavy atom. The van der Waals surface area contributed by atoms with Crippen molar-refractivity contribution in [2.24, 2.45) is 4.99 Å². The van der Waals surface area contributed by atoms with Gasteiger partial charge in [-0.15, -0.1) is 0 Å². The van der Waals surface area contributed by atoms with Crippen molar-refractivity contribution in [1.82, 2.24) is 10.2 Å². The number of benzene rings is 1. The summed E-state index contributed by atoms with van der Waals surface area (Å²) in [6.07, 6.45) is 7.41. The summed E-state index contributed by atoms with van der Waals surface area (Å²) in [5.41, 5.74) is 2.66. The molecular weight excluding hydrogens is 350 g/mol. The van der Waals surface area contributed by atoms with Crippen LogP contribution in [0.5, 0.6) is 0 Å². The summed E-state index contributed by atoms with van der Waals surface area (Å²) >= 11 is 0. The summed E-state index contributed by atoms with van der Waals surface area (Å²) in [5.74, 6) is 1.05. The second kappa shape index (κ2) is 11.4. The molecule has 2 fully saturated rings. The van der Waals surface area contributed by atoms with Gasteiger partial charge in [-0.25, -0.2) is 0 Å². The number of guanidine groups is 1. The minimum absolute atomic E-state index is 0.312. The van der Waals surface area contributed by atoms with Crippen LogP contribution >= 0.6 is 0 Å². The second-order valence-corrected chi connectivity index (χ2v) is 7.98. The molecular formula is C23H37N3O2. The molecule has 1 atom stereocenters. The van der Waals surface area contributed by atoms with Crippen LogP contribution in [0.25, 0.3) is 0 Å². The van der Waals surface area contributed by atoms with Crippen LogP contribution in [-0.2, 0) is 15.9 Å². The third kappa shape index (κ3) is 6.78. The highest BCUT2D eigenvalue weighted by Crippen LogP contribution is 2.18. The minimum Gasteiger partial charge on any atom is -0.376 e. The number of nitrogens with zero attached hydrogens (tertiary/aromatic N) is 2. The van der Waals surface area contributed by atoms with Crippen LogP contribution in [-0.4, -0.2) is 62.5 Å². The van der Waals surface area contributed by atoms with Gasteiger partial charge in [0, 0.05) is 32.8 Å². The van der Waals surface area contributed by atoms with Crippen LogP contribution in [0.4, 0.5) is 0 Å². The van der Waals surface area contributed by atoms with Crippen LogP contribution < -0.4 is 5.32 Å². The van der Waals surface area contributed by atoms with Gasteiger partial charge in [-0.05, 0) is 57.9 Å². The smallest absolute Gasteiger partial charge is 0.193 e. The van der Waals surface area contributed by atoms with E-state index in [1.165, 1.54) is 24.0 Å². The predicted octanol–water partition coefficient (Wildman–Crippen LogP) is 3.55. The number of piperidine rings is 1. The molecule has 2 saturated heterocycles. The number of ether oxygens (including phenoxy) is 2. The molecule has 0 aliphatic carbocycles. The number of aryl methyl sites for hydroxylation is 1. The largest absolute Gasteiger partial charge is 0.376 e. The van der Waals surface area contributed by atoms with Crippen molar-refractivity contribution in [3.8, 4) is 0 Å². The lowest BCUT2D eigenvalue weighted by atomic mass is 10.1. The van der Waals surface area contributed by atoms with Gasteiger partial charge in [-0.2, -0.15) is 0 Å². The van der Waals surface area contributed by atoms with E-state index in [1.54, 1.807) is 0 Å². The Morgan fingerprint density at radius 3 is 2.64 bits per heavy atom. The van der Waals surface area contributed by atoms with E-state index in [9.17, 15) is 0 Å². The molecule has 0 amide bonds. The zero-order valence-electron chi connectivity index (χ0n) is 17.7. The quantitative estimate of drug-likeness (QED) is 0.574. The number of rotatable bonds is 7. The third-order valence-electron chi connectivity index (χ3n) is 5.65. The van der Waals surface area contributed by atoms with Crippen LogP contribution in [0, 0.1) is 6.92 Å². The summed E-state index contributed by atoms with van der Waals surface area (Å²) in [6.45, 7) is 9.65. The highest BCUT2D eigenvalue weighted by Gasteiger charge is 2.23. The van der Waals surface area contributed by atoms with Crippen LogP contribution in [0.3, 0.4) is 0 Å². The van der Waals surface area contributed by atoms with Crippen molar-refractivity contribution in [3.05, 3.63) is 35.4 Å². The molecule has 1 N–H and O–H groups in total. The second-order valence-electron chi connectivity index (χ2n) is 7.98. The van der Waals surface area contributed by atoms with Gasteiger partial charge in [-0.3, -0.25) is 4.99 Å². The minimum atomic E-state index is 0.312. The number of nitrogens with one attached hydrogen (secondary N) is 1. The molecule has 28 heavy (non-hydrogen) atoms. The van der Waals surface area contributed by atoms with E-state index in [2.05, 4.69) is 48.3 Å². The number of aliphatic imine (C=N–C) groups is 1. The van der Waals surface area contributed by atoms with Gasteiger partial charge >= 0.3 is 0 Å². The summed E-state index contributed by atoms with van der Waals surface area (Å²) in [4.78, 5) is 7.25. The Morgan fingerprint density at radius 1 is 1.18 bits per heavy atom. The van der Waals surface area contributed by atoms with Crippen LogP contribution in [0.2, 0.25) is 0 Å². The topological polar surface area (TPSA) is 46.1 Å². The summed E-state index contributed by atoms with van der Waals surface area (Å²) in [7, 11) is 0. The zero-order valence-corrected chi connectivity index (χ0v) is 17.7. The van der Waals surface area contributed by atoms with Gasteiger partial charge in [0.2, 0.25) is 0 Å². The normalized spacial score (nSPS) is 21.7. The molecule has 0 saturated carbocycles. The number of hydrogen-bond acceptors (Lipinski definition) is 3. The highest BCUT2D eigenvalue weighted by molar-refractivity contribution is 5.80. The molecule has 1 aromatic rings. The summed E-state index contributed by atoms with van der Waals surface area (Å²) in [5, 5.41) is 3.46. The van der Waals surface area contributed by atoms with Gasteiger partial charge < -0.3 is 19.7 Å². The molecule has 0 bridgehead atoms. The first kappa shape index (κ1) is 21.1. The molecule has 0 radical (unpaired) electrons. The lowest BCUT2D eigenvalue weighted by Gasteiger charge is -2.35. The average Bonchev–Trinajstić information content (AvgIpc) is 2.74. The van der Waals surface area contributed by atoms with E-state index in [4.69, 9.17) is 14.5 Å². The van der Waals surface area contributed by atoms with Crippen molar-refractivity contribution < 1.29 is 9.47 Å².